The van der Waals surface area contributed by atoms with Gasteiger partial charge in [-0.3, -0.25) is 0 Å². The molecule has 0 bridgehead atoms. The summed E-state index contributed by atoms with van der Waals surface area (Å²) in [5.41, 5.74) is 0. The first-order valence-corrected chi connectivity index (χ1v) is 6.16. The number of rotatable bonds is 1. The smallest absolute Gasteiger partial charge is 0.225 e. The Balaban J connectivity index is 3.74. The highest BCUT2D eigenvalue weighted by molar-refractivity contribution is 7.89. The molecule has 0 radical (unpaired) electrons. The zero-order valence-corrected chi connectivity index (χ0v) is 10.2. The number of primary sulfonamides is 1. The van der Waals surface area contributed by atoms with Gasteiger partial charge < -0.3 is 0 Å². The van der Waals surface area contributed by atoms with Crippen molar-refractivity contribution >= 4 is 56.4 Å². The van der Waals surface area contributed by atoms with Crippen molar-refractivity contribution in [3.63, 3.8) is 0 Å². The lowest BCUT2D eigenvalue weighted by Crippen LogP contribution is -2.13. The van der Waals surface area contributed by atoms with Crippen LogP contribution in [-0.4, -0.2) is 8.42 Å². The maximum atomic E-state index is 11.1. The Kier molecular flexibility index (Phi) is 3.57. The van der Waals surface area contributed by atoms with Gasteiger partial charge in [0.2, 0.25) is 10.0 Å². The molecule has 78 valence electrons. The van der Waals surface area contributed by atoms with Gasteiger partial charge in [0.05, 0.1) is 20.1 Å². The molecule has 1 aromatic rings. The zero-order valence-electron chi connectivity index (χ0n) is 6.39. The molecule has 1 aromatic carbocycles. The largest absolute Gasteiger partial charge is 0.241 e. The molecule has 0 amide bonds. The van der Waals surface area contributed by atoms with Crippen LogP contribution in [0.25, 0.3) is 0 Å². The molecular formula is C6H3Cl4NO2S. The highest BCUT2D eigenvalue weighted by Gasteiger charge is 2.22. The summed E-state index contributed by atoms with van der Waals surface area (Å²) in [5, 5.41) is 4.37. The van der Waals surface area contributed by atoms with Crippen LogP contribution in [0.4, 0.5) is 0 Å². The van der Waals surface area contributed by atoms with Crippen LogP contribution in [0, 0.1) is 0 Å². The van der Waals surface area contributed by atoms with E-state index in [4.69, 9.17) is 51.5 Å². The van der Waals surface area contributed by atoms with Crippen molar-refractivity contribution in [2.24, 2.45) is 5.14 Å². The van der Waals surface area contributed by atoms with E-state index in [0.717, 1.165) is 0 Å². The van der Waals surface area contributed by atoms with Crippen LogP contribution in [0.3, 0.4) is 0 Å². The van der Waals surface area contributed by atoms with Crippen LogP contribution in [-0.2, 0) is 10.0 Å². The normalized spacial score (nSPS) is 11.8. The van der Waals surface area contributed by atoms with E-state index in [1.165, 1.54) is 6.07 Å². The summed E-state index contributed by atoms with van der Waals surface area (Å²) in [4.78, 5) is -0.460. The van der Waals surface area contributed by atoms with Crippen molar-refractivity contribution in [1.82, 2.24) is 0 Å². The molecule has 0 spiro atoms. The number of nitrogens with two attached hydrogens (primary N) is 1. The van der Waals surface area contributed by atoms with Gasteiger partial charge in [0.25, 0.3) is 0 Å². The Morgan fingerprint density at radius 2 is 1.36 bits per heavy atom. The van der Waals surface area contributed by atoms with E-state index in [9.17, 15) is 8.42 Å². The second-order valence-electron chi connectivity index (χ2n) is 2.34. The van der Waals surface area contributed by atoms with Gasteiger partial charge in [0.15, 0.2) is 0 Å². The predicted molar refractivity (Wildman–Crippen MR) is 57.9 cm³/mol. The molecule has 0 aliphatic carbocycles. The number of benzene rings is 1. The molecule has 1 rings (SSSR count). The molecular weight excluding hydrogens is 292 g/mol. The molecule has 0 unspecified atom stereocenters. The first kappa shape index (κ1) is 12.4. The van der Waals surface area contributed by atoms with Crippen LogP contribution in [0.2, 0.25) is 20.1 Å². The zero-order chi connectivity index (χ0) is 11.1. The fourth-order valence-corrected chi connectivity index (χ4v) is 3.09. The van der Waals surface area contributed by atoms with Gasteiger partial charge >= 0.3 is 0 Å². The van der Waals surface area contributed by atoms with E-state index in [-0.39, 0.29) is 20.1 Å². The first-order valence-electron chi connectivity index (χ1n) is 3.11. The third-order valence-corrected chi connectivity index (χ3v) is 4.13. The van der Waals surface area contributed by atoms with E-state index >= 15 is 0 Å². The van der Waals surface area contributed by atoms with Gasteiger partial charge in [-0.1, -0.05) is 46.4 Å². The van der Waals surface area contributed by atoms with Crippen LogP contribution in [0.15, 0.2) is 11.0 Å². The van der Waals surface area contributed by atoms with Crippen LogP contribution >= 0.6 is 46.4 Å². The molecule has 0 aliphatic heterocycles. The Bertz CT molecular complexity index is 459. The molecule has 14 heavy (non-hydrogen) atoms. The Hall–Kier alpha value is 0.290. The quantitative estimate of drug-likeness (QED) is 0.810. The maximum Gasteiger partial charge on any atom is 0.241 e. The SMILES string of the molecule is NS(=O)(=O)c1c(Cl)c(Cl)cc(Cl)c1Cl. The third kappa shape index (κ3) is 2.27. The van der Waals surface area contributed by atoms with Crippen molar-refractivity contribution in [3.8, 4) is 0 Å². The Morgan fingerprint density at radius 3 is 1.64 bits per heavy atom. The lowest BCUT2D eigenvalue weighted by molar-refractivity contribution is 0.598. The second-order valence-corrected chi connectivity index (χ2v) is 5.41. The Morgan fingerprint density at radius 1 is 1.00 bits per heavy atom. The summed E-state index contributed by atoms with van der Waals surface area (Å²) in [7, 11) is -4.04. The van der Waals surface area contributed by atoms with Gasteiger partial charge in [-0.15, -0.1) is 0 Å². The van der Waals surface area contributed by atoms with E-state index in [0.29, 0.717) is 0 Å². The van der Waals surface area contributed by atoms with E-state index in [1.54, 1.807) is 0 Å². The topological polar surface area (TPSA) is 60.2 Å². The molecule has 2 N–H and O–H groups in total. The van der Waals surface area contributed by atoms with Crippen molar-refractivity contribution in [2.45, 2.75) is 4.90 Å². The van der Waals surface area contributed by atoms with Crippen LogP contribution in [0.5, 0.6) is 0 Å². The van der Waals surface area contributed by atoms with Gasteiger partial charge in [0.1, 0.15) is 4.90 Å². The van der Waals surface area contributed by atoms with E-state index in [1.807, 2.05) is 0 Å². The summed E-state index contributed by atoms with van der Waals surface area (Å²) in [6.07, 6.45) is 0. The molecule has 0 saturated carbocycles. The van der Waals surface area contributed by atoms with E-state index in [2.05, 4.69) is 0 Å². The van der Waals surface area contributed by atoms with Gasteiger partial charge in [-0.05, 0) is 6.07 Å². The second kappa shape index (κ2) is 4.04. The molecule has 0 fully saturated rings. The fourth-order valence-electron chi connectivity index (χ4n) is 0.801. The number of halogens is 4. The monoisotopic (exact) mass is 293 g/mol. The summed E-state index contributed by atoms with van der Waals surface area (Å²) >= 11 is 22.4. The highest BCUT2D eigenvalue weighted by Crippen LogP contribution is 2.39. The molecule has 0 heterocycles. The molecule has 0 aromatic heterocycles. The molecule has 0 saturated heterocycles. The molecule has 3 nitrogen and oxygen atoms in total. The molecule has 0 aliphatic rings. The lowest BCUT2D eigenvalue weighted by atomic mass is 10.3. The number of sulfonamides is 1. The highest BCUT2D eigenvalue weighted by atomic mass is 35.5. The standard InChI is InChI=1S/C6H3Cl4NO2S/c7-2-1-3(8)5(10)6(4(2)9)14(11,12)13/h1H,(H2,11,12,13). The minimum Gasteiger partial charge on any atom is -0.225 e. The minimum absolute atomic E-state index is 0.0231. The van der Waals surface area contributed by atoms with Crippen LogP contribution < -0.4 is 5.14 Å². The fraction of sp³-hybridized carbons (Fsp3) is 0. The summed E-state index contributed by atoms with van der Waals surface area (Å²) in [6, 6.07) is 1.24. The minimum atomic E-state index is -4.04. The third-order valence-electron chi connectivity index (χ3n) is 1.36. The average Bonchev–Trinajstić information content (AvgIpc) is 1.98. The van der Waals surface area contributed by atoms with Crippen molar-refractivity contribution in [2.75, 3.05) is 0 Å². The predicted octanol–water partition coefficient (Wildman–Crippen LogP) is 2.95. The summed E-state index contributed by atoms with van der Waals surface area (Å²) in [5.74, 6) is 0. The first-order chi connectivity index (χ1) is 6.25. The van der Waals surface area contributed by atoms with Crippen LogP contribution in [0.1, 0.15) is 0 Å². The Labute approximate surface area is 101 Å². The summed E-state index contributed by atoms with van der Waals surface area (Å²) in [6.45, 7) is 0. The number of hydrogen-bond acceptors (Lipinski definition) is 2. The van der Waals surface area contributed by atoms with E-state index < -0.39 is 14.9 Å². The lowest BCUT2D eigenvalue weighted by Gasteiger charge is -2.07. The molecule has 0 atom stereocenters. The number of hydrogen-bond donors (Lipinski definition) is 1. The van der Waals surface area contributed by atoms with Gasteiger partial charge in [-0.2, -0.15) is 0 Å². The maximum absolute atomic E-state index is 11.1. The summed E-state index contributed by atoms with van der Waals surface area (Å²) < 4.78 is 22.1. The average molecular weight is 295 g/mol. The molecule has 8 heteroatoms. The van der Waals surface area contributed by atoms with Crippen molar-refractivity contribution < 1.29 is 8.42 Å². The van der Waals surface area contributed by atoms with Gasteiger partial charge in [-0.25, -0.2) is 13.6 Å². The van der Waals surface area contributed by atoms with Gasteiger partial charge in [0, 0.05) is 0 Å². The van der Waals surface area contributed by atoms with Crippen molar-refractivity contribution in [3.05, 3.63) is 26.2 Å². The van der Waals surface area contributed by atoms with Crippen molar-refractivity contribution in [1.29, 1.82) is 0 Å².